The summed E-state index contributed by atoms with van der Waals surface area (Å²) >= 11 is 7.47. The predicted octanol–water partition coefficient (Wildman–Crippen LogP) is 2.11. The molecule has 0 aromatic rings. The van der Waals surface area contributed by atoms with E-state index in [1.807, 2.05) is 6.92 Å². The Labute approximate surface area is 69.7 Å². The van der Waals surface area contributed by atoms with Crippen LogP contribution in [0, 0.1) is 10.3 Å². The lowest BCUT2D eigenvalue weighted by molar-refractivity contribution is 0.375. The first kappa shape index (κ1) is 8.34. The van der Waals surface area contributed by atoms with Gasteiger partial charge >= 0.3 is 0 Å². The number of nitroso groups, excluding NO2 is 1. The van der Waals surface area contributed by atoms with Crippen molar-refractivity contribution in [3.8, 4) is 0 Å². The third-order valence-corrected chi connectivity index (χ3v) is 3.97. The topological polar surface area (TPSA) is 29.4 Å². The lowest BCUT2D eigenvalue weighted by Gasteiger charge is -2.21. The van der Waals surface area contributed by atoms with Crippen molar-refractivity contribution in [1.29, 1.82) is 0 Å². The third kappa shape index (κ3) is 1.30. The molecular weight excluding hydrogens is 170 g/mol. The van der Waals surface area contributed by atoms with E-state index in [1.54, 1.807) is 11.8 Å². The van der Waals surface area contributed by atoms with Crippen LogP contribution >= 0.6 is 23.4 Å². The lowest BCUT2D eigenvalue weighted by atomic mass is 9.88. The van der Waals surface area contributed by atoms with Crippen molar-refractivity contribution >= 4 is 23.4 Å². The van der Waals surface area contributed by atoms with Gasteiger partial charge in [-0.1, -0.05) is 12.1 Å². The summed E-state index contributed by atoms with van der Waals surface area (Å²) in [5, 5.41) is 3.06. The highest BCUT2D eigenvalue weighted by Crippen LogP contribution is 2.38. The van der Waals surface area contributed by atoms with E-state index >= 15 is 0 Å². The number of hydrogen-bond donors (Lipinski definition) is 0. The largest absolute Gasteiger partial charge is 0.159 e. The summed E-state index contributed by atoms with van der Waals surface area (Å²) < 4.78 is 0. The van der Waals surface area contributed by atoms with Crippen molar-refractivity contribution < 1.29 is 0 Å². The Balaban J connectivity index is 2.64. The maximum atomic E-state index is 10.3. The average Bonchev–Trinajstić information content (AvgIpc) is 2.32. The fourth-order valence-corrected chi connectivity index (χ4v) is 2.94. The monoisotopic (exact) mass is 179 g/mol. The zero-order valence-electron chi connectivity index (χ0n) is 5.84. The maximum absolute atomic E-state index is 10.3. The van der Waals surface area contributed by atoms with E-state index in [9.17, 15) is 4.91 Å². The highest BCUT2D eigenvalue weighted by molar-refractivity contribution is 7.99. The van der Waals surface area contributed by atoms with Crippen molar-refractivity contribution in [3.63, 3.8) is 0 Å². The zero-order valence-corrected chi connectivity index (χ0v) is 7.41. The van der Waals surface area contributed by atoms with E-state index in [1.165, 1.54) is 0 Å². The summed E-state index contributed by atoms with van der Waals surface area (Å²) in [7, 11) is 0. The molecule has 0 aromatic carbocycles. The first-order chi connectivity index (χ1) is 4.73. The van der Waals surface area contributed by atoms with Crippen molar-refractivity contribution in [3.05, 3.63) is 4.91 Å². The first-order valence-corrected chi connectivity index (χ1v) is 4.88. The van der Waals surface area contributed by atoms with E-state index in [2.05, 4.69) is 5.18 Å². The standard InChI is InChI=1S/C6H10ClNOS/c1-6(3-7)4-10-2-5(6)8-9/h5H,2-4H2,1H3. The Morgan fingerprint density at radius 3 is 3.00 bits per heavy atom. The molecule has 0 aromatic heterocycles. The fourth-order valence-electron chi connectivity index (χ4n) is 0.986. The molecule has 1 aliphatic heterocycles. The molecule has 10 heavy (non-hydrogen) atoms. The van der Waals surface area contributed by atoms with Gasteiger partial charge in [-0.15, -0.1) is 11.6 Å². The number of nitrogens with zero attached hydrogens (tertiary/aromatic N) is 1. The van der Waals surface area contributed by atoms with Gasteiger partial charge in [0.25, 0.3) is 0 Å². The van der Waals surface area contributed by atoms with Crippen molar-refractivity contribution in [1.82, 2.24) is 0 Å². The molecule has 2 nitrogen and oxygen atoms in total. The molecule has 1 aliphatic rings. The third-order valence-electron chi connectivity index (χ3n) is 1.94. The minimum absolute atomic E-state index is 0.0476. The molecule has 1 fully saturated rings. The Morgan fingerprint density at radius 2 is 2.60 bits per heavy atom. The lowest BCUT2D eigenvalue weighted by Crippen LogP contribution is -2.30. The molecule has 0 saturated carbocycles. The van der Waals surface area contributed by atoms with Crippen LogP contribution in [0.25, 0.3) is 0 Å². The number of thioether (sulfide) groups is 1. The SMILES string of the molecule is CC1(CCl)CSCC1N=O. The van der Waals surface area contributed by atoms with Crippen LogP contribution in [0.5, 0.6) is 0 Å². The molecule has 0 radical (unpaired) electrons. The van der Waals surface area contributed by atoms with Crippen molar-refractivity contribution in [2.24, 2.45) is 10.6 Å². The summed E-state index contributed by atoms with van der Waals surface area (Å²) in [5.74, 6) is 2.34. The Hall–Kier alpha value is 0.240. The van der Waals surface area contributed by atoms with Gasteiger partial charge in [-0.2, -0.15) is 16.7 Å². The highest BCUT2D eigenvalue weighted by Gasteiger charge is 2.39. The maximum Gasteiger partial charge on any atom is 0.108 e. The van der Waals surface area contributed by atoms with Gasteiger partial charge in [0.2, 0.25) is 0 Å². The number of alkyl halides is 1. The fraction of sp³-hybridized carbons (Fsp3) is 1.00. The molecule has 1 saturated heterocycles. The quantitative estimate of drug-likeness (QED) is 0.480. The molecule has 4 heteroatoms. The first-order valence-electron chi connectivity index (χ1n) is 3.19. The molecule has 2 atom stereocenters. The number of hydrogen-bond acceptors (Lipinski definition) is 3. The van der Waals surface area contributed by atoms with E-state index in [0.717, 1.165) is 11.5 Å². The van der Waals surface area contributed by atoms with Gasteiger partial charge in [-0.25, -0.2) is 0 Å². The predicted molar refractivity (Wildman–Crippen MR) is 45.7 cm³/mol. The second-order valence-corrected chi connectivity index (χ2v) is 4.22. The molecule has 58 valence electrons. The minimum Gasteiger partial charge on any atom is -0.159 e. The van der Waals surface area contributed by atoms with Gasteiger partial charge in [-0.3, -0.25) is 0 Å². The Bertz CT molecular complexity index is 144. The van der Waals surface area contributed by atoms with Gasteiger partial charge in [0.05, 0.1) is 0 Å². The van der Waals surface area contributed by atoms with Crippen LogP contribution in [-0.4, -0.2) is 23.4 Å². The smallest absolute Gasteiger partial charge is 0.108 e. The van der Waals surface area contributed by atoms with Crippen LogP contribution in [-0.2, 0) is 0 Å². The molecule has 0 amide bonds. The molecule has 1 heterocycles. The van der Waals surface area contributed by atoms with Crippen molar-refractivity contribution in [2.45, 2.75) is 13.0 Å². The van der Waals surface area contributed by atoms with E-state index in [-0.39, 0.29) is 11.5 Å². The van der Waals surface area contributed by atoms with Gasteiger partial charge in [-0.05, 0) is 0 Å². The Morgan fingerprint density at radius 1 is 1.90 bits per heavy atom. The van der Waals surface area contributed by atoms with Crippen LogP contribution in [0.2, 0.25) is 0 Å². The average molecular weight is 180 g/mol. The number of rotatable bonds is 2. The summed E-state index contributed by atoms with van der Waals surface area (Å²) in [6.07, 6.45) is 0. The van der Waals surface area contributed by atoms with E-state index in [0.29, 0.717) is 5.88 Å². The van der Waals surface area contributed by atoms with E-state index < -0.39 is 0 Å². The van der Waals surface area contributed by atoms with Gasteiger partial charge in [0.15, 0.2) is 0 Å². The zero-order chi connectivity index (χ0) is 7.61. The Kier molecular flexibility index (Phi) is 2.58. The minimum atomic E-state index is -0.0741. The van der Waals surface area contributed by atoms with Crippen molar-refractivity contribution in [2.75, 3.05) is 17.4 Å². The van der Waals surface area contributed by atoms with Gasteiger partial charge < -0.3 is 0 Å². The summed E-state index contributed by atoms with van der Waals surface area (Å²) in [6, 6.07) is -0.0741. The van der Waals surface area contributed by atoms with Crippen LogP contribution in [0.4, 0.5) is 0 Å². The number of halogens is 1. The van der Waals surface area contributed by atoms with E-state index in [4.69, 9.17) is 11.6 Å². The normalized spacial score (nSPS) is 40.0. The van der Waals surface area contributed by atoms with Gasteiger partial charge in [0.1, 0.15) is 6.04 Å². The molecule has 2 unspecified atom stereocenters. The van der Waals surface area contributed by atoms with Crippen LogP contribution in [0.1, 0.15) is 6.92 Å². The molecule has 0 aliphatic carbocycles. The molecule has 0 bridgehead atoms. The molecule has 1 rings (SSSR count). The summed E-state index contributed by atoms with van der Waals surface area (Å²) in [6.45, 7) is 2.02. The highest BCUT2D eigenvalue weighted by atomic mass is 35.5. The summed E-state index contributed by atoms with van der Waals surface area (Å²) in [4.78, 5) is 10.3. The molecule has 0 N–H and O–H groups in total. The van der Waals surface area contributed by atoms with Crippen LogP contribution in [0.3, 0.4) is 0 Å². The summed E-state index contributed by atoms with van der Waals surface area (Å²) in [5.41, 5.74) is -0.0476. The van der Waals surface area contributed by atoms with Crippen LogP contribution in [0.15, 0.2) is 5.18 Å². The second-order valence-electron chi connectivity index (χ2n) is 2.92. The second kappa shape index (κ2) is 3.09. The molecular formula is C6H10ClNOS. The molecule has 0 spiro atoms. The van der Waals surface area contributed by atoms with Gasteiger partial charge in [0, 0.05) is 22.8 Å². The van der Waals surface area contributed by atoms with Crippen LogP contribution < -0.4 is 0 Å².